The van der Waals surface area contributed by atoms with Crippen molar-refractivity contribution in [3.05, 3.63) is 103 Å². The van der Waals surface area contributed by atoms with E-state index in [0.29, 0.717) is 11.2 Å². The largest absolute Gasteiger partial charge is 0.350 e. The number of nitro benzene ring substituents is 2. The predicted molar refractivity (Wildman–Crippen MR) is 119 cm³/mol. The Morgan fingerprint density at radius 3 is 2.47 bits per heavy atom. The topological polar surface area (TPSA) is 168 Å². The van der Waals surface area contributed by atoms with Gasteiger partial charge >= 0.3 is 0 Å². The lowest BCUT2D eigenvalue weighted by molar-refractivity contribution is -0.385. The first kappa shape index (κ1) is 22.3. The van der Waals surface area contributed by atoms with E-state index in [0.717, 1.165) is 0 Å². The average molecular weight is 463 g/mol. The fourth-order valence-electron chi connectivity index (χ4n) is 3.35. The standard InChI is InChI=1S/C21H17N7O6/c29-20(15-4-6-16(7-5-15)27(31)32)22-8-9-26-19-18(11-24-26)21(30)25(13-23-19)12-14-2-1-3-17(10-14)28(33)34/h1-7,10-11,13H,8-9,12H2,(H,22,29). The first-order valence-electron chi connectivity index (χ1n) is 10.0. The smallest absolute Gasteiger partial charge is 0.269 e. The molecule has 0 bridgehead atoms. The van der Waals surface area contributed by atoms with Crippen molar-refractivity contribution in [3.63, 3.8) is 0 Å². The van der Waals surface area contributed by atoms with Gasteiger partial charge in [0.05, 0.1) is 29.1 Å². The molecule has 1 amide bonds. The molecule has 2 aromatic heterocycles. The van der Waals surface area contributed by atoms with Gasteiger partial charge in [0.1, 0.15) is 11.7 Å². The van der Waals surface area contributed by atoms with Crippen molar-refractivity contribution < 1.29 is 14.6 Å². The maximum atomic E-state index is 12.8. The lowest BCUT2D eigenvalue weighted by Gasteiger charge is -2.08. The fraction of sp³-hybridized carbons (Fsp3) is 0.143. The number of carbonyl (C=O) groups is 1. The Balaban J connectivity index is 1.43. The average Bonchev–Trinajstić information content (AvgIpc) is 3.24. The number of nitro groups is 2. The number of nitrogens with one attached hydrogen (secondary N) is 1. The monoisotopic (exact) mass is 463 g/mol. The van der Waals surface area contributed by atoms with Crippen molar-refractivity contribution in [2.75, 3.05) is 6.54 Å². The third-order valence-electron chi connectivity index (χ3n) is 5.05. The zero-order valence-electron chi connectivity index (χ0n) is 17.5. The van der Waals surface area contributed by atoms with E-state index in [1.807, 2.05) is 0 Å². The van der Waals surface area contributed by atoms with Gasteiger partial charge in [0.2, 0.25) is 0 Å². The molecular formula is C21H17N7O6. The Hall–Kier alpha value is -4.94. The molecule has 0 saturated carbocycles. The van der Waals surface area contributed by atoms with Gasteiger partial charge in [0.15, 0.2) is 5.65 Å². The highest BCUT2D eigenvalue weighted by Crippen LogP contribution is 2.14. The summed E-state index contributed by atoms with van der Waals surface area (Å²) in [6.07, 6.45) is 2.73. The highest BCUT2D eigenvalue weighted by Gasteiger charge is 2.13. The molecule has 13 nitrogen and oxygen atoms in total. The molecule has 0 atom stereocenters. The van der Waals surface area contributed by atoms with Crippen LogP contribution in [0, 0.1) is 20.2 Å². The van der Waals surface area contributed by atoms with Crippen LogP contribution in [-0.4, -0.2) is 41.6 Å². The van der Waals surface area contributed by atoms with Gasteiger partial charge in [-0.1, -0.05) is 12.1 Å². The molecule has 0 unspecified atom stereocenters. The Morgan fingerprint density at radius 1 is 1.03 bits per heavy atom. The number of benzene rings is 2. The maximum Gasteiger partial charge on any atom is 0.269 e. The quantitative estimate of drug-likeness (QED) is 0.305. The van der Waals surface area contributed by atoms with E-state index in [2.05, 4.69) is 15.4 Å². The molecule has 4 rings (SSSR count). The van der Waals surface area contributed by atoms with Gasteiger partial charge in [-0.3, -0.25) is 34.4 Å². The molecule has 2 aromatic carbocycles. The van der Waals surface area contributed by atoms with Crippen LogP contribution < -0.4 is 10.9 Å². The van der Waals surface area contributed by atoms with Crippen molar-refractivity contribution in [1.29, 1.82) is 0 Å². The summed E-state index contributed by atoms with van der Waals surface area (Å²) in [7, 11) is 0. The van der Waals surface area contributed by atoms with Crippen molar-refractivity contribution in [1.82, 2.24) is 24.6 Å². The summed E-state index contributed by atoms with van der Waals surface area (Å²) in [5.74, 6) is -0.404. The van der Waals surface area contributed by atoms with Crippen LogP contribution in [0.2, 0.25) is 0 Å². The van der Waals surface area contributed by atoms with Gasteiger partial charge in [-0.2, -0.15) is 5.10 Å². The maximum absolute atomic E-state index is 12.8. The van der Waals surface area contributed by atoms with Gasteiger partial charge < -0.3 is 5.32 Å². The Bertz CT molecular complexity index is 1460. The van der Waals surface area contributed by atoms with E-state index in [1.54, 1.807) is 12.1 Å². The SMILES string of the molecule is O=C(NCCn1ncc2c(=O)n(Cc3cccc([N+](=O)[O-])c3)cnc21)c1ccc([N+](=O)[O-])cc1. The van der Waals surface area contributed by atoms with Gasteiger partial charge in [-0.15, -0.1) is 0 Å². The van der Waals surface area contributed by atoms with E-state index in [9.17, 15) is 29.8 Å². The zero-order valence-corrected chi connectivity index (χ0v) is 17.5. The summed E-state index contributed by atoms with van der Waals surface area (Å²) >= 11 is 0. The third-order valence-corrected chi connectivity index (χ3v) is 5.05. The molecule has 34 heavy (non-hydrogen) atoms. The number of amides is 1. The summed E-state index contributed by atoms with van der Waals surface area (Å²) in [4.78, 5) is 50.0. The number of aromatic nitrogens is 4. The van der Waals surface area contributed by atoms with Crippen LogP contribution in [0.4, 0.5) is 11.4 Å². The summed E-state index contributed by atoms with van der Waals surface area (Å²) in [5, 5.41) is 28.8. The normalized spacial score (nSPS) is 10.8. The Morgan fingerprint density at radius 2 is 1.76 bits per heavy atom. The number of hydrogen-bond donors (Lipinski definition) is 1. The van der Waals surface area contributed by atoms with Crippen LogP contribution in [0.15, 0.2) is 65.8 Å². The van der Waals surface area contributed by atoms with Gasteiger partial charge in [-0.25, -0.2) is 9.67 Å². The molecule has 0 fully saturated rings. The Kier molecular flexibility index (Phi) is 6.07. The minimum absolute atomic E-state index is 0.0665. The number of hydrogen-bond acceptors (Lipinski definition) is 8. The summed E-state index contributed by atoms with van der Waals surface area (Å²) in [6, 6.07) is 11.2. The van der Waals surface area contributed by atoms with Gasteiger partial charge in [0.25, 0.3) is 22.8 Å². The highest BCUT2D eigenvalue weighted by atomic mass is 16.6. The minimum atomic E-state index is -0.546. The van der Waals surface area contributed by atoms with Crippen LogP contribution in [0.5, 0.6) is 0 Å². The van der Waals surface area contributed by atoms with Gasteiger partial charge in [0, 0.05) is 36.4 Å². The molecule has 0 radical (unpaired) electrons. The van der Waals surface area contributed by atoms with Crippen molar-refractivity contribution in [3.8, 4) is 0 Å². The van der Waals surface area contributed by atoms with Crippen molar-refractivity contribution in [2.24, 2.45) is 0 Å². The lowest BCUT2D eigenvalue weighted by Crippen LogP contribution is -2.27. The van der Waals surface area contributed by atoms with Crippen LogP contribution in [-0.2, 0) is 13.1 Å². The van der Waals surface area contributed by atoms with E-state index in [-0.39, 0.29) is 47.5 Å². The van der Waals surface area contributed by atoms with Gasteiger partial charge in [-0.05, 0) is 17.7 Å². The molecule has 0 aliphatic rings. The number of fused-ring (bicyclic) bond motifs is 1. The first-order valence-corrected chi connectivity index (χ1v) is 10.0. The molecular weight excluding hydrogens is 446 g/mol. The van der Waals surface area contributed by atoms with Crippen LogP contribution >= 0.6 is 0 Å². The Labute approximate surface area is 190 Å². The molecule has 4 aromatic rings. The third kappa shape index (κ3) is 4.62. The van der Waals surface area contributed by atoms with Crippen molar-refractivity contribution >= 4 is 28.3 Å². The second-order valence-electron chi connectivity index (χ2n) is 7.27. The predicted octanol–water partition coefficient (Wildman–Crippen LogP) is 1.89. The van der Waals surface area contributed by atoms with E-state index in [4.69, 9.17) is 0 Å². The molecule has 2 heterocycles. The zero-order chi connectivity index (χ0) is 24.2. The first-order chi connectivity index (χ1) is 16.3. The number of nitrogens with zero attached hydrogens (tertiary/aromatic N) is 6. The number of carbonyl (C=O) groups excluding carboxylic acids is 1. The molecule has 13 heteroatoms. The second kappa shape index (κ2) is 9.28. The van der Waals surface area contributed by atoms with Crippen LogP contribution in [0.25, 0.3) is 11.0 Å². The van der Waals surface area contributed by atoms with Crippen LogP contribution in [0.1, 0.15) is 15.9 Å². The highest BCUT2D eigenvalue weighted by molar-refractivity contribution is 5.94. The second-order valence-corrected chi connectivity index (χ2v) is 7.27. The molecule has 0 aliphatic carbocycles. The van der Waals surface area contributed by atoms with Crippen LogP contribution in [0.3, 0.4) is 0 Å². The lowest BCUT2D eigenvalue weighted by atomic mass is 10.2. The summed E-state index contributed by atoms with van der Waals surface area (Å²) in [5.41, 5.74) is 0.671. The molecule has 1 N–H and O–H groups in total. The summed E-state index contributed by atoms with van der Waals surface area (Å²) < 4.78 is 2.81. The summed E-state index contributed by atoms with van der Waals surface area (Å²) in [6.45, 7) is 0.536. The molecule has 0 spiro atoms. The van der Waals surface area contributed by atoms with E-state index >= 15 is 0 Å². The molecule has 0 saturated heterocycles. The van der Waals surface area contributed by atoms with E-state index in [1.165, 1.54) is 58.2 Å². The van der Waals surface area contributed by atoms with E-state index < -0.39 is 15.8 Å². The minimum Gasteiger partial charge on any atom is -0.350 e. The molecule has 0 aliphatic heterocycles. The number of non-ortho nitro benzene ring substituents is 2. The fourth-order valence-corrected chi connectivity index (χ4v) is 3.35. The molecule has 172 valence electrons. The van der Waals surface area contributed by atoms with Crippen molar-refractivity contribution in [2.45, 2.75) is 13.1 Å². The number of rotatable bonds is 8.